The van der Waals surface area contributed by atoms with Crippen LogP contribution in [0.1, 0.15) is 34.3 Å². The van der Waals surface area contributed by atoms with Crippen LogP contribution in [-0.2, 0) is 4.74 Å². The lowest BCUT2D eigenvalue weighted by Crippen LogP contribution is -2.41. The van der Waals surface area contributed by atoms with Crippen molar-refractivity contribution in [1.82, 2.24) is 10.2 Å². The van der Waals surface area contributed by atoms with E-state index in [9.17, 15) is 9.59 Å². The van der Waals surface area contributed by atoms with Gasteiger partial charge in [-0.3, -0.25) is 9.69 Å². The number of aryl methyl sites for hydroxylation is 1. The van der Waals surface area contributed by atoms with E-state index in [0.717, 1.165) is 81.3 Å². The molecule has 34 heavy (non-hydrogen) atoms. The number of hydrogen-bond acceptors (Lipinski definition) is 5. The van der Waals surface area contributed by atoms with Crippen LogP contribution in [0, 0.1) is 13.8 Å². The summed E-state index contributed by atoms with van der Waals surface area (Å²) in [5.41, 5.74) is 5.01. The zero-order valence-corrected chi connectivity index (χ0v) is 20.2. The van der Waals surface area contributed by atoms with E-state index in [1.807, 2.05) is 44.2 Å². The molecule has 0 bridgehead atoms. The first-order chi connectivity index (χ1) is 16.5. The van der Waals surface area contributed by atoms with Gasteiger partial charge in [-0.05, 0) is 62.1 Å². The maximum atomic E-state index is 13.2. The zero-order chi connectivity index (χ0) is 23.9. The van der Waals surface area contributed by atoms with Gasteiger partial charge in [0.25, 0.3) is 5.91 Å². The number of benzene rings is 2. The fourth-order valence-electron chi connectivity index (χ4n) is 4.45. The van der Waals surface area contributed by atoms with Gasteiger partial charge in [0.05, 0.1) is 18.8 Å². The van der Waals surface area contributed by atoms with Crippen LogP contribution in [0.2, 0.25) is 0 Å². The molecule has 0 saturated carbocycles. The first-order valence-corrected chi connectivity index (χ1v) is 12.1. The number of carbonyl (C=O) groups is 2. The van der Waals surface area contributed by atoms with Crippen LogP contribution in [-0.4, -0.2) is 69.3 Å². The fraction of sp³-hybridized carbons (Fsp3) is 0.462. The molecule has 3 N–H and O–H groups in total. The van der Waals surface area contributed by atoms with Gasteiger partial charge in [-0.2, -0.15) is 0 Å². The van der Waals surface area contributed by atoms with Gasteiger partial charge in [0.15, 0.2) is 0 Å². The van der Waals surface area contributed by atoms with Crippen molar-refractivity contribution in [3.05, 3.63) is 53.1 Å². The minimum atomic E-state index is -0.332. The molecular weight excluding hydrogens is 430 g/mol. The van der Waals surface area contributed by atoms with Crippen molar-refractivity contribution >= 4 is 29.0 Å². The molecule has 0 aromatic heterocycles. The summed E-state index contributed by atoms with van der Waals surface area (Å²) in [6, 6.07) is 11.1. The fourth-order valence-corrected chi connectivity index (χ4v) is 4.45. The van der Waals surface area contributed by atoms with Crippen LogP contribution in [0.15, 0.2) is 36.4 Å². The third-order valence-corrected chi connectivity index (χ3v) is 6.62. The van der Waals surface area contributed by atoms with E-state index in [0.29, 0.717) is 17.8 Å². The Morgan fingerprint density at radius 1 is 0.971 bits per heavy atom. The molecule has 2 fully saturated rings. The van der Waals surface area contributed by atoms with Crippen LogP contribution in [0.3, 0.4) is 0 Å². The van der Waals surface area contributed by atoms with Crippen molar-refractivity contribution in [2.75, 3.05) is 68.0 Å². The number of hydrogen-bond donors (Lipinski definition) is 3. The van der Waals surface area contributed by atoms with Crippen molar-refractivity contribution in [3.63, 3.8) is 0 Å². The Morgan fingerprint density at radius 3 is 2.50 bits per heavy atom. The number of morpholine rings is 1. The number of ether oxygens (including phenoxy) is 1. The SMILES string of the molecule is Cc1cccc(NC(=O)Nc2ccc(N3CCCC3)c(C(=O)NCCN3CCOCC3)c2)c1C. The molecule has 2 aromatic rings. The maximum Gasteiger partial charge on any atom is 0.323 e. The van der Waals surface area contributed by atoms with E-state index in [1.165, 1.54) is 0 Å². The van der Waals surface area contributed by atoms with E-state index < -0.39 is 0 Å². The van der Waals surface area contributed by atoms with Crippen LogP contribution in [0.25, 0.3) is 0 Å². The number of nitrogens with zero attached hydrogens (tertiary/aromatic N) is 2. The molecule has 3 amide bonds. The van der Waals surface area contributed by atoms with Gasteiger partial charge in [0.1, 0.15) is 0 Å². The Kier molecular flexibility index (Phi) is 8.03. The first kappa shape index (κ1) is 24.0. The summed E-state index contributed by atoms with van der Waals surface area (Å²) in [6.45, 7) is 10.5. The Balaban J connectivity index is 1.44. The number of urea groups is 1. The Labute approximate surface area is 201 Å². The van der Waals surface area contributed by atoms with Crippen LogP contribution >= 0.6 is 0 Å². The molecule has 2 heterocycles. The van der Waals surface area contributed by atoms with Gasteiger partial charge in [-0.25, -0.2) is 4.79 Å². The minimum absolute atomic E-state index is 0.117. The highest BCUT2D eigenvalue weighted by Gasteiger charge is 2.21. The number of nitrogens with one attached hydrogen (secondary N) is 3. The lowest BCUT2D eigenvalue weighted by molar-refractivity contribution is 0.0383. The largest absolute Gasteiger partial charge is 0.379 e. The lowest BCUT2D eigenvalue weighted by atomic mass is 10.1. The van der Waals surface area contributed by atoms with Gasteiger partial charge >= 0.3 is 6.03 Å². The Morgan fingerprint density at radius 2 is 1.74 bits per heavy atom. The van der Waals surface area contributed by atoms with E-state index in [-0.39, 0.29) is 11.9 Å². The summed E-state index contributed by atoms with van der Waals surface area (Å²) in [5, 5.41) is 8.87. The maximum absolute atomic E-state index is 13.2. The molecule has 0 aliphatic carbocycles. The molecule has 4 rings (SSSR count). The van der Waals surface area contributed by atoms with Crippen LogP contribution in [0.4, 0.5) is 21.9 Å². The molecule has 182 valence electrons. The second-order valence-corrected chi connectivity index (χ2v) is 8.96. The third-order valence-electron chi connectivity index (χ3n) is 6.62. The van der Waals surface area contributed by atoms with Crippen molar-refractivity contribution < 1.29 is 14.3 Å². The number of amides is 3. The number of anilines is 3. The summed E-state index contributed by atoms with van der Waals surface area (Å²) in [7, 11) is 0. The molecule has 2 saturated heterocycles. The normalized spacial score (nSPS) is 16.4. The number of carbonyl (C=O) groups excluding carboxylic acids is 2. The van der Waals surface area contributed by atoms with Crippen molar-refractivity contribution in [2.24, 2.45) is 0 Å². The summed E-state index contributed by atoms with van der Waals surface area (Å²) in [4.78, 5) is 30.4. The highest BCUT2D eigenvalue weighted by Crippen LogP contribution is 2.28. The van der Waals surface area contributed by atoms with Gasteiger partial charge in [0, 0.05) is 56.3 Å². The van der Waals surface area contributed by atoms with Gasteiger partial charge < -0.3 is 25.6 Å². The molecule has 0 atom stereocenters. The molecule has 2 aliphatic rings. The smallest absolute Gasteiger partial charge is 0.323 e. The van der Waals surface area contributed by atoms with E-state index in [2.05, 4.69) is 25.8 Å². The summed E-state index contributed by atoms with van der Waals surface area (Å²) in [6.07, 6.45) is 2.24. The van der Waals surface area contributed by atoms with E-state index >= 15 is 0 Å². The summed E-state index contributed by atoms with van der Waals surface area (Å²) >= 11 is 0. The molecular formula is C26H35N5O3. The predicted molar refractivity (Wildman–Crippen MR) is 136 cm³/mol. The predicted octanol–water partition coefficient (Wildman–Crippen LogP) is 3.61. The quantitative estimate of drug-likeness (QED) is 0.582. The topological polar surface area (TPSA) is 85.9 Å². The lowest BCUT2D eigenvalue weighted by Gasteiger charge is -2.26. The molecule has 0 unspecified atom stereocenters. The molecule has 2 aromatic carbocycles. The Hall–Kier alpha value is -3.10. The molecule has 2 aliphatic heterocycles. The van der Waals surface area contributed by atoms with Crippen molar-refractivity contribution in [2.45, 2.75) is 26.7 Å². The number of rotatable bonds is 7. The monoisotopic (exact) mass is 465 g/mol. The average molecular weight is 466 g/mol. The summed E-state index contributed by atoms with van der Waals surface area (Å²) in [5.74, 6) is -0.117. The highest BCUT2D eigenvalue weighted by molar-refractivity contribution is 6.04. The molecule has 0 radical (unpaired) electrons. The van der Waals surface area contributed by atoms with E-state index in [4.69, 9.17) is 4.74 Å². The third kappa shape index (κ3) is 6.07. The van der Waals surface area contributed by atoms with Gasteiger partial charge in [0.2, 0.25) is 0 Å². The Bertz CT molecular complexity index is 1010. The first-order valence-electron chi connectivity index (χ1n) is 12.1. The molecule has 8 heteroatoms. The van der Waals surface area contributed by atoms with Crippen molar-refractivity contribution in [3.8, 4) is 0 Å². The minimum Gasteiger partial charge on any atom is -0.379 e. The second kappa shape index (κ2) is 11.4. The van der Waals surface area contributed by atoms with Crippen molar-refractivity contribution in [1.29, 1.82) is 0 Å². The average Bonchev–Trinajstić information content (AvgIpc) is 3.37. The highest BCUT2D eigenvalue weighted by atomic mass is 16.5. The second-order valence-electron chi connectivity index (χ2n) is 8.96. The zero-order valence-electron chi connectivity index (χ0n) is 20.2. The standard InChI is InChI=1S/C26H35N5O3/c1-19-6-5-7-23(20(19)2)29-26(33)28-21-8-9-24(31-11-3-4-12-31)22(18-21)25(32)27-10-13-30-14-16-34-17-15-30/h5-9,18H,3-4,10-17H2,1-2H3,(H,27,32)(H2,28,29,33). The van der Waals surface area contributed by atoms with Gasteiger partial charge in [-0.1, -0.05) is 12.1 Å². The summed E-state index contributed by atoms with van der Waals surface area (Å²) < 4.78 is 5.39. The van der Waals surface area contributed by atoms with E-state index in [1.54, 1.807) is 6.07 Å². The van der Waals surface area contributed by atoms with Crippen LogP contribution in [0.5, 0.6) is 0 Å². The van der Waals surface area contributed by atoms with Gasteiger partial charge in [-0.15, -0.1) is 0 Å². The molecule has 0 spiro atoms. The molecule has 8 nitrogen and oxygen atoms in total. The van der Waals surface area contributed by atoms with Crippen LogP contribution < -0.4 is 20.9 Å².